The number of benzene rings is 8. The lowest BCUT2D eigenvalue weighted by atomic mass is 9.90. The van der Waals surface area contributed by atoms with Crippen LogP contribution >= 0.6 is 0 Å². The Bertz CT molecular complexity index is 2900. The SMILES string of the molecule is C=NC(=NC(=NCc1ccccc1)c1ccc(-c2ccccc2)cc1)c1cccc2oc3c(-c4ccc(-c5ccccc5C)c5ccccc45)cccc3c12. The molecule has 4 nitrogen and oxygen atoms in total. The van der Waals surface area contributed by atoms with Crippen molar-refractivity contribution in [1.29, 1.82) is 0 Å². The Morgan fingerprint density at radius 2 is 1.11 bits per heavy atom. The van der Waals surface area contributed by atoms with Gasteiger partial charge in [0.05, 0.1) is 6.54 Å². The zero-order valence-electron chi connectivity index (χ0n) is 30.5. The van der Waals surface area contributed by atoms with Crippen LogP contribution in [0, 0.1) is 6.92 Å². The van der Waals surface area contributed by atoms with E-state index in [4.69, 9.17) is 14.4 Å². The first-order valence-electron chi connectivity index (χ1n) is 18.5. The molecule has 9 aromatic rings. The van der Waals surface area contributed by atoms with E-state index in [2.05, 4.69) is 158 Å². The van der Waals surface area contributed by atoms with Crippen LogP contribution in [0.5, 0.6) is 0 Å². The van der Waals surface area contributed by atoms with Crippen molar-refractivity contribution in [3.05, 3.63) is 204 Å². The van der Waals surface area contributed by atoms with Gasteiger partial charge in [-0.3, -0.25) is 4.99 Å². The van der Waals surface area contributed by atoms with E-state index < -0.39 is 0 Å². The van der Waals surface area contributed by atoms with E-state index in [1.54, 1.807) is 0 Å². The highest BCUT2D eigenvalue weighted by Gasteiger charge is 2.20. The number of rotatable bonds is 7. The van der Waals surface area contributed by atoms with Crippen LogP contribution < -0.4 is 0 Å². The standard InChI is InChI=1S/C51H37N3O/c1-34-15-9-10-20-39(34)42-31-32-43(41-22-12-11-21-40(41)42)44-23-13-24-45-48-46(25-14-26-47(48)55-49(44)45)51(52-2)54-50(53-33-35-16-5-3-6-17-35)38-29-27-37(28-30-38)36-18-7-4-8-19-36/h3-32H,2,33H2,1H3. The zero-order chi connectivity index (χ0) is 37.1. The molecule has 0 aliphatic carbocycles. The second-order valence-electron chi connectivity index (χ2n) is 13.6. The number of nitrogens with zero attached hydrogens (tertiary/aromatic N) is 3. The molecule has 0 aliphatic heterocycles. The number of furan rings is 1. The molecule has 1 heterocycles. The molecule has 0 radical (unpaired) electrons. The van der Waals surface area contributed by atoms with Gasteiger partial charge in [-0.15, -0.1) is 0 Å². The summed E-state index contributed by atoms with van der Waals surface area (Å²) in [5.41, 5.74) is 12.5. The summed E-state index contributed by atoms with van der Waals surface area (Å²) in [6, 6.07) is 63.0. The molecule has 0 saturated carbocycles. The molecule has 0 unspecified atom stereocenters. The topological polar surface area (TPSA) is 50.2 Å². The quantitative estimate of drug-likeness (QED) is 0.120. The Morgan fingerprint density at radius 3 is 1.84 bits per heavy atom. The van der Waals surface area contributed by atoms with E-state index in [1.165, 1.54) is 27.5 Å². The molecule has 4 heteroatoms. The van der Waals surface area contributed by atoms with Gasteiger partial charge in [-0.1, -0.05) is 176 Å². The van der Waals surface area contributed by atoms with Crippen LogP contribution in [0.25, 0.3) is 66.1 Å². The first kappa shape index (κ1) is 33.7. The van der Waals surface area contributed by atoms with Crippen LogP contribution in [0.1, 0.15) is 22.3 Å². The van der Waals surface area contributed by atoms with Crippen LogP contribution in [0.4, 0.5) is 0 Å². The highest BCUT2D eigenvalue weighted by atomic mass is 16.3. The molecule has 1 aromatic heterocycles. The van der Waals surface area contributed by atoms with Gasteiger partial charge in [0.2, 0.25) is 0 Å². The summed E-state index contributed by atoms with van der Waals surface area (Å²) >= 11 is 0. The molecule has 0 spiro atoms. The fourth-order valence-electron chi connectivity index (χ4n) is 7.55. The summed E-state index contributed by atoms with van der Waals surface area (Å²) in [5, 5.41) is 4.30. The minimum absolute atomic E-state index is 0.476. The number of para-hydroxylation sites is 1. The number of aryl methyl sites for hydroxylation is 1. The number of fused-ring (bicyclic) bond motifs is 4. The van der Waals surface area contributed by atoms with Crippen molar-refractivity contribution in [2.24, 2.45) is 15.0 Å². The number of hydrogen-bond acceptors (Lipinski definition) is 2. The molecule has 0 N–H and O–H groups in total. The molecule has 0 aliphatic rings. The Hall–Kier alpha value is -7.17. The lowest BCUT2D eigenvalue weighted by molar-refractivity contribution is 0.670. The van der Waals surface area contributed by atoms with Gasteiger partial charge in [0.1, 0.15) is 11.2 Å². The monoisotopic (exact) mass is 707 g/mol. The first-order chi connectivity index (χ1) is 27.2. The molecule has 0 atom stereocenters. The van der Waals surface area contributed by atoms with Crippen LogP contribution in [0.3, 0.4) is 0 Å². The van der Waals surface area contributed by atoms with E-state index in [0.717, 1.165) is 60.9 Å². The molecule has 9 rings (SSSR count). The highest BCUT2D eigenvalue weighted by Crippen LogP contribution is 2.42. The van der Waals surface area contributed by atoms with Crippen molar-refractivity contribution in [3.63, 3.8) is 0 Å². The van der Waals surface area contributed by atoms with Gasteiger partial charge in [0, 0.05) is 27.5 Å². The predicted octanol–water partition coefficient (Wildman–Crippen LogP) is 13.1. The lowest BCUT2D eigenvalue weighted by Crippen LogP contribution is -2.06. The molecule has 0 saturated heterocycles. The maximum absolute atomic E-state index is 6.76. The van der Waals surface area contributed by atoms with Crippen molar-refractivity contribution in [1.82, 2.24) is 0 Å². The minimum Gasteiger partial charge on any atom is -0.455 e. The van der Waals surface area contributed by atoms with Crippen molar-refractivity contribution in [2.75, 3.05) is 0 Å². The third-order valence-corrected chi connectivity index (χ3v) is 10.3. The highest BCUT2D eigenvalue weighted by molar-refractivity contribution is 6.23. The lowest BCUT2D eigenvalue weighted by Gasteiger charge is -2.14. The van der Waals surface area contributed by atoms with Gasteiger partial charge in [0.25, 0.3) is 0 Å². The fourth-order valence-corrected chi connectivity index (χ4v) is 7.55. The fraction of sp³-hybridized carbons (Fsp3) is 0.0392. The molecule has 8 aromatic carbocycles. The van der Waals surface area contributed by atoms with Crippen LogP contribution in [-0.4, -0.2) is 18.4 Å². The number of aliphatic imine (C=N–C) groups is 3. The predicted molar refractivity (Wildman–Crippen MR) is 231 cm³/mol. The summed E-state index contributed by atoms with van der Waals surface area (Å²) in [6.07, 6.45) is 0. The molecule has 0 fully saturated rings. The second kappa shape index (κ2) is 14.7. The van der Waals surface area contributed by atoms with Crippen molar-refractivity contribution < 1.29 is 4.42 Å². The third kappa shape index (κ3) is 6.45. The van der Waals surface area contributed by atoms with Crippen LogP contribution in [0.2, 0.25) is 0 Å². The number of hydrogen-bond donors (Lipinski definition) is 0. The van der Waals surface area contributed by atoms with Crippen molar-refractivity contribution in [2.45, 2.75) is 13.5 Å². The Balaban J connectivity index is 1.18. The maximum atomic E-state index is 6.76. The Kier molecular flexibility index (Phi) is 8.99. The van der Waals surface area contributed by atoms with Gasteiger partial charge in [0.15, 0.2) is 11.7 Å². The molecule has 0 amide bonds. The van der Waals surface area contributed by atoms with Gasteiger partial charge in [-0.2, -0.15) is 0 Å². The second-order valence-corrected chi connectivity index (χ2v) is 13.6. The maximum Gasteiger partial charge on any atom is 0.161 e. The van der Waals surface area contributed by atoms with Crippen LogP contribution in [-0.2, 0) is 6.54 Å². The molecular formula is C51H37N3O. The average molecular weight is 708 g/mol. The zero-order valence-corrected chi connectivity index (χ0v) is 30.5. The van der Waals surface area contributed by atoms with E-state index in [-0.39, 0.29) is 0 Å². The molecule has 55 heavy (non-hydrogen) atoms. The molecular weight excluding hydrogens is 671 g/mol. The van der Waals surface area contributed by atoms with Gasteiger partial charge < -0.3 is 4.42 Å². The minimum atomic E-state index is 0.476. The normalized spacial score (nSPS) is 12.1. The summed E-state index contributed by atoms with van der Waals surface area (Å²) in [6.45, 7) is 6.64. The number of amidine groups is 2. The average Bonchev–Trinajstić information content (AvgIpc) is 3.64. The van der Waals surface area contributed by atoms with Gasteiger partial charge in [-0.05, 0) is 69.4 Å². The van der Waals surface area contributed by atoms with E-state index in [9.17, 15) is 0 Å². The first-order valence-corrected chi connectivity index (χ1v) is 18.5. The van der Waals surface area contributed by atoms with Crippen molar-refractivity contribution >= 4 is 51.1 Å². The summed E-state index contributed by atoms with van der Waals surface area (Å²) in [5.74, 6) is 1.06. The van der Waals surface area contributed by atoms with Crippen LogP contribution in [0.15, 0.2) is 201 Å². The Morgan fingerprint density at radius 1 is 0.509 bits per heavy atom. The largest absolute Gasteiger partial charge is 0.455 e. The van der Waals surface area contributed by atoms with E-state index in [0.29, 0.717) is 18.2 Å². The third-order valence-electron chi connectivity index (χ3n) is 10.3. The summed E-state index contributed by atoms with van der Waals surface area (Å²) in [7, 11) is 0. The van der Waals surface area contributed by atoms with Crippen molar-refractivity contribution in [3.8, 4) is 33.4 Å². The van der Waals surface area contributed by atoms with Gasteiger partial charge in [-0.25, -0.2) is 9.98 Å². The smallest absolute Gasteiger partial charge is 0.161 e. The van der Waals surface area contributed by atoms with E-state index >= 15 is 0 Å². The van der Waals surface area contributed by atoms with Gasteiger partial charge >= 0.3 is 0 Å². The summed E-state index contributed by atoms with van der Waals surface area (Å²) < 4.78 is 6.76. The Labute approximate surface area is 320 Å². The molecule has 0 bridgehead atoms. The summed E-state index contributed by atoms with van der Waals surface area (Å²) in [4.78, 5) is 14.7. The van der Waals surface area contributed by atoms with E-state index in [1.807, 2.05) is 42.5 Å². The molecule has 262 valence electrons.